The van der Waals surface area contributed by atoms with E-state index < -0.39 is 11.9 Å². The van der Waals surface area contributed by atoms with Crippen LogP contribution in [0.1, 0.15) is 17.2 Å². The Morgan fingerprint density at radius 2 is 1.50 bits per heavy atom. The molecule has 0 radical (unpaired) electrons. The summed E-state index contributed by atoms with van der Waals surface area (Å²) in [5.74, 6) is -0.432. The molecule has 0 saturated heterocycles. The van der Waals surface area contributed by atoms with Crippen LogP contribution >= 0.6 is 0 Å². The predicted octanol–water partition coefficient (Wildman–Crippen LogP) is 2.49. The SMILES string of the molecule is Nc1ccccc1C(O)c1ccccc1F. The number of hydrogen-bond acceptors (Lipinski definition) is 2. The third-order valence-electron chi connectivity index (χ3n) is 2.49. The molecule has 0 heterocycles. The lowest BCUT2D eigenvalue weighted by Crippen LogP contribution is -2.05. The molecule has 0 aliphatic heterocycles. The number of aliphatic hydroxyl groups excluding tert-OH is 1. The summed E-state index contributed by atoms with van der Waals surface area (Å²) in [6, 6.07) is 13.0. The second kappa shape index (κ2) is 4.33. The van der Waals surface area contributed by atoms with Crippen LogP contribution in [0, 0.1) is 5.82 Å². The van der Waals surface area contributed by atoms with E-state index in [0.29, 0.717) is 11.3 Å². The van der Waals surface area contributed by atoms with E-state index in [4.69, 9.17) is 5.73 Å². The van der Waals surface area contributed by atoms with E-state index in [0.717, 1.165) is 0 Å². The highest BCUT2D eigenvalue weighted by atomic mass is 19.1. The van der Waals surface area contributed by atoms with Crippen molar-refractivity contribution in [1.29, 1.82) is 0 Å². The largest absolute Gasteiger partial charge is 0.398 e. The quantitative estimate of drug-likeness (QED) is 0.759. The number of nitrogens with two attached hydrogens (primary N) is 1. The number of hydrogen-bond donors (Lipinski definition) is 2. The van der Waals surface area contributed by atoms with Crippen molar-refractivity contribution in [3.63, 3.8) is 0 Å². The Kier molecular flexibility index (Phi) is 2.88. The third-order valence-corrected chi connectivity index (χ3v) is 2.49. The van der Waals surface area contributed by atoms with E-state index in [1.807, 2.05) is 0 Å². The van der Waals surface area contributed by atoms with Crippen molar-refractivity contribution in [2.75, 3.05) is 5.73 Å². The van der Waals surface area contributed by atoms with Crippen molar-refractivity contribution < 1.29 is 9.50 Å². The molecule has 0 saturated carbocycles. The summed E-state index contributed by atoms with van der Waals surface area (Å²) in [5, 5.41) is 10.0. The van der Waals surface area contributed by atoms with Crippen molar-refractivity contribution >= 4 is 5.69 Å². The molecule has 0 aliphatic rings. The maximum absolute atomic E-state index is 13.5. The lowest BCUT2D eigenvalue weighted by Gasteiger charge is -2.14. The minimum Gasteiger partial charge on any atom is -0.398 e. The van der Waals surface area contributed by atoms with Gasteiger partial charge in [-0.25, -0.2) is 4.39 Å². The molecule has 0 aromatic heterocycles. The number of halogens is 1. The second-order valence-corrected chi connectivity index (χ2v) is 3.55. The van der Waals surface area contributed by atoms with Gasteiger partial charge in [-0.1, -0.05) is 36.4 Å². The number of aliphatic hydroxyl groups is 1. The summed E-state index contributed by atoms with van der Waals surface area (Å²) in [6.07, 6.45) is -1.03. The van der Waals surface area contributed by atoms with E-state index >= 15 is 0 Å². The fourth-order valence-electron chi connectivity index (χ4n) is 1.62. The first kappa shape index (κ1) is 10.6. The predicted molar refractivity (Wildman–Crippen MR) is 61.3 cm³/mol. The van der Waals surface area contributed by atoms with Crippen molar-refractivity contribution in [3.05, 3.63) is 65.5 Å². The molecule has 2 aromatic carbocycles. The van der Waals surface area contributed by atoms with Crippen LogP contribution in [0.4, 0.5) is 10.1 Å². The number of rotatable bonds is 2. The van der Waals surface area contributed by atoms with Gasteiger partial charge in [0.15, 0.2) is 0 Å². The average molecular weight is 217 g/mol. The van der Waals surface area contributed by atoms with Crippen LogP contribution in [0.3, 0.4) is 0 Å². The van der Waals surface area contributed by atoms with Gasteiger partial charge in [-0.2, -0.15) is 0 Å². The van der Waals surface area contributed by atoms with Crippen molar-refractivity contribution in [1.82, 2.24) is 0 Å². The van der Waals surface area contributed by atoms with Gasteiger partial charge >= 0.3 is 0 Å². The summed E-state index contributed by atoms with van der Waals surface area (Å²) < 4.78 is 13.5. The fourth-order valence-corrected chi connectivity index (χ4v) is 1.62. The highest BCUT2D eigenvalue weighted by Gasteiger charge is 2.16. The fraction of sp³-hybridized carbons (Fsp3) is 0.0769. The molecule has 0 fully saturated rings. The monoisotopic (exact) mass is 217 g/mol. The summed E-state index contributed by atoms with van der Waals surface area (Å²) in [6.45, 7) is 0. The highest BCUT2D eigenvalue weighted by molar-refractivity contribution is 5.50. The second-order valence-electron chi connectivity index (χ2n) is 3.55. The first-order valence-electron chi connectivity index (χ1n) is 4.97. The molecule has 1 unspecified atom stereocenters. The van der Waals surface area contributed by atoms with Gasteiger partial charge in [0, 0.05) is 16.8 Å². The van der Waals surface area contributed by atoms with E-state index in [9.17, 15) is 9.50 Å². The smallest absolute Gasteiger partial charge is 0.129 e. The lowest BCUT2D eigenvalue weighted by molar-refractivity contribution is 0.215. The zero-order valence-corrected chi connectivity index (χ0v) is 8.60. The first-order valence-corrected chi connectivity index (χ1v) is 4.97. The molecule has 3 N–H and O–H groups in total. The Morgan fingerprint density at radius 3 is 2.12 bits per heavy atom. The summed E-state index contributed by atoms with van der Waals surface area (Å²) >= 11 is 0. The molecule has 0 bridgehead atoms. The zero-order chi connectivity index (χ0) is 11.5. The van der Waals surface area contributed by atoms with Gasteiger partial charge in [0.1, 0.15) is 11.9 Å². The van der Waals surface area contributed by atoms with E-state index in [1.54, 1.807) is 42.5 Å². The van der Waals surface area contributed by atoms with Gasteiger partial charge in [-0.3, -0.25) is 0 Å². The number of benzene rings is 2. The van der Waals surface area contributed by atoms with Gasteiger partial charge in [0.05, 0.1) is 0 Å². The molecule has 82 valence electrons. The van der Waals surface area contributed by atoms with Gasteiger partial charge < -0.3 is 10.8 Å². The Hall–Kier alpha value is -1.87. The highest BCUT2D eigenvalue weighted by Crippen LogP contribution is 2.27. The molecule has 2 nitrogen and oxygen atoms in total. The van der Waals surface area contributed by atoms with E-state index in [-0.39, 0.29) is 5.56 Å². The minimum absolute atomic E-state index is 0.236. The van der Waals surface area contributed by atoms with Crippen LogP contribution in [0.5, 0.6) is 0 Å². The Bertz CT molecular complexity index is 453. The Balaban J connectivity index is 2.44. The molecular weight excluding hydrogens is 205 g/mol. The third kappa shape index (κ3) is 1.90. The van der Waals surface area contributed by atoms with E-state index in [1.165, 1.54) is 6.07 Å². The van der Waals surface area contributed by atoms with E-state index in [2.05, 4.69) is 0 Å². The zero-order valence-electron chi connectivity index (χ0n) is 8.60. The standard InChI is InChI=1S/C13H12FNO/c14-11-7-3-1-5-9(11)13(16)10-6-2-4-8-12(10)15/h1-8,13,16H,15H2. The van der Waals surface area contributed by atoms with Crippen LogP contribution < -0.4 is 5.73 Å². The number of anilines is 1. The summed E-state index contributed by atoms with van der Waals surface area (Å²) in [7, 11) is 0. The minimum atomic E-state index is -1.03. The van der Waals surface area contributed by atoms with Gasteiger partial charge in [-0.15, -0.1) is 0 Å². The molecule has 0 aliphatic carbocycles. The van der Waals surface area contributed by atoms with Gasteiger partial charge in [0.2, 0.25) is 0 Å². The number of para-hydroxylation sites is 1. The topological polar surface area (TPSA) is 46.2 Å². The van der Waals surface area contributed by atoms with Gasteiger partial charge in [-0.05, 0) is 12.1 Å². The lowest BCUT2D eigenvalue weighted by atomic mass is 10.00. The van der Waals surface area contributed by atoms with Crippen LogP contribution in [-0.4, -0.2) is 5.11 Å². The summed E-state index contributed by atoms with van der Waals surface area (Å²) in [5.41, 5.74) is 6.94. The normalized spacial score (nSPS) is 12.4. The van der Waals surface area contributed by atoms with Crippen LogP contribution in [0.25, 0.3) is 0 Å². The molecule has 3 heteroatoms. The van der Waals surface area contributed by atoms with Gasteiger partial charge in [0.25, 0.3) is 0 Å². The average Bonchev–Trinajstić information content (AvgIpc) is 2.29. The van der Waals surface area contributed by atoms with Crippen LogP contribution in [0.2, 0.25) is 0 Å². The molecule has 0 amide bonds. The molecular formula is C13H12FNO. The molecule has 2 rings (SSSR count). The van der Waals surface area contributed by atoms with Crippen molar-refractivity contribution in [2.24, 2.45) is 0 Å². The summed E-state index contributed by atoms with van der Waals surface area (Å²) in [4.78, 5) is 0. The maximum Gasteiger partial charge on any atom is 0.129 e. The Morgan fingerprint density at radius 1 is 0.938 bits per heavy atom. The molecule has 16 heavy (non-hydrogen) atoms. The Labute approximate surface area is 93.2 Å². The first-order chi connectivity index (χ1) is 7.70. The van der Waals surface area contributed by atoms with Crippen molar-refractivity contribution in [3.8, 4) is 0 Å². The van der Waals surface area contributed by atoms with Crippen LogP contribution in [0.15, 0.2) is 48.5 Å². The van der Waals surface area contributed by atoms with Crippen molar-refractivity contribution in [2.45, 2.75) is 6.10 Å². The molecule has 1 atom stereocenters. The number of nitrogen functional groups attached to an aromatic ring is 1. The molecule has 2 aromatic rings. The molecule has 0 spiro atoms. The van der Waals surface area contributed by atoms with Crippen LogP contribution in [-0.2, 0) is 0 Å². The maximum atomic E-state index is 13.5.